The van der Waals surface area contributed by atoms with Gasteiger partial charge in [-0.25, -0.2) is 13.2 Å². The van der Waals surface area contributed by atoms with Crippen LogP contribution in [0.1, 0.15) is 38.5 Å². The van der Waals surface area contributed by atoms with Crippen molar-refractivity contribution in [2.45, 2.75) is 32.7 Å². The fourth-order valence-corrected chi connectivity index (χ4v) is 1.46. The van der Waals surface area contributed by atoms with Crippen molar-refractivity contribution in [3.63, 3.8) is 0 Å². The summed E-state index contributed by atoms with van der Waals surface area (Å²) in [5, 5.41) is 2.55. The largest absolute Gasteiger partial charge is 0.349 e. The lowest BCUT2D eigenvalue weighted by Crippen LogP contribution is -2.34. The molecule has 0 aliphatic heterocycles. The summed E-state index contributed by atoms with van der Waals surface area (Å²) in [6.45, 7) is 3.74. The van der Waals surface area contributed by atoms with Gasteiger partial charge in [0.1, 0.15) is 0 Å². The highest BCUT2D eigenvalue weighted by atomic mass is 19.2. The van der Waals surface area contributed by atoms with E-state index >= 15 is 0 Å². The number of benzene rings is 1. The summed E-state index contributed by atoms with van der Waals surface area (Å²) < 4.78 is 38.9. The Bertz CT molecular complexity index is 422. The smallest absolute Gasteiger partial charge is 0.254 e. The van der Waals surface area contributed by atoms with Crippen LogP contribution < -0.4 is 5.32 Å². The van der Waals surface area contributed by atoms with Crippen molar-refractivity contribution in [1.82, 2.24) is 5.32 Å². The SMILES string of the molecule is CCC(CC)NC(=O)c1ccc(F)c(F)c1F.[HH]. The topological polar surface area (TPSA) is 29.1 Å². The Morgan fingerprint density at radius 2 is 1.82 bits per heavy atom. The highest BCUT2D eigenvalue weighted by molar-refractivity contribution is 5.94. The Labute approximate surface area is 99.3 Å². The van der Waals surface area contributed by atoms with Gasteiger partial charge < -0.3 is 5.32 Å². The van der Waals surface area contributed by atoms with Gasteiger partial charge in [-0.3, -0.25) is 4.79 Å². The molecule has 0 radical (unpaired) electrons. The summed E-state index contributed by atoms with van der Waals surface area (Å²) in [5.41, 5.74) is -0.476. The number of amides is 1. The number of halogens is 3. The molecule has 1 aromatic carbocycles. The zero-order chi connectivity index (χ0) is 13.0. The summed E-state index contributed by atoms with van der Waals surface area (Å²) >= 11 is 0. The molecule has 1 amide bonds. The maximum absolute atomic E-state index is 13.3. The Morgan fingerprint density at radius 3 is 2.35 bits per heavy atom. The number of rotatable bonds is 4. The number of nitrogens with one attached hydrogen (secondary N) is 1. The van der Waals surface area contributed by atoms with E-state index in [0.29, 0.717) is 12.8 Å². The van der Waals surface area contributed by atoms with Gasteiger partial charge in [0.2, 0.25) is 0 Å². The van der Waals surface area contributed by atoms with Crippen molar-refractivity contribution < 1.29 is 19.4 Å². The first kappa shape index (κ1) is 13.5. The monoisotopic (exact) mass is 247 g/mol. The van der Waals surface area contributed by atoms with E-state index < -0.39 is 28.9 Å². The van der Waals surface area contributed by atoms with Gasteiger partial charge in [0.25, 0.3) is 5.91 Å². The molecular formula is C12H16F3NO. The standard InChI is InChI=1S/C12H14F3NO.H2/c1-3-7(4-2)16-12(17)8-5-6-9(13)11(15)10(8)14;/h5-7H,3-4H2,1-2H3,(H,16,17);1H. The lowest BCUT2D eigenvalue weighted by atomic mass is 10.1. The maximum Gasteiger partial charge on any atom is 0.254 e. The van der Waals surface area contributed by atoms with Crippen LogP contribution in [0, 0.1) is 17.5 Å². The van der Waals surface area contributed by atoms with Crippen molar-refractivity contribution in [3.8, 4) is 0 Å². The van der Waals surface area contributed by atoms with Gasteiger partial charge in [0.05, 0.1) is 5.56 Å². The average molecular weight is 247 g/mol. The van der Waals surface area contributed by atoms with Gasteiger partial charge in [-0.15, -0.1) is 0 Å². The van der Waals surface area contributed by atoms with Crippen LogP contribution in [0.3, 0.4) is 0 Å². The molecule has 1 rings (SSSR count). The van der Waals surface area contributed by atoms with E-state index in [4.69, 9.17) is 0 Å². The summed E-state index contributed by atoms with van der Waals surface area (Å²) in [4.78, 5) is 11.6. The first-order valence-corrected chi connectivity index (χ1v) is 5.45. The molecule has 0 saturated heterocycles. The van der Waals surface area contributed by atoms with E-state index in [1.807, 2.05) is 13.8 Å². The van der Waals surface area contributed by atoms with Gasteiger partial charge in [0, 0.05) is 7.47 Å². The molecule has 0 aromatic heterocycles. The van der Waals surface area contributed by atoms with E-state index in [-0.39, 0.29) is 7.47 Å². The van der Waals surface area contributed by atoms with Crippen molar-refractivity contribution in [2.75, 3.05) is 0 Å². The normalized spacial score (nSPS) is 10.7. The molecule has 0 bridgehead atoms. The predicted molar refractivity (Wildman–Crippen MR) is 60.3 cm³/mol. The molecule has 0 heterocycles. The first-order chi connectivity index (χ1) is 8.01. The maximum atomic E-state index is 13.3. The molecule has 0 aliphatic carbocycles. The van der Waals surface area contributed by atoms with Crippen molar-refractivity contribution in [2.24, 2.45) is 0 Å². The van der Waals surface area contributed by atoms with Crippen LogP contribution >= 0.6 is 0 Å². The molecule has 17 heavy (non-hydrogen) atoms. The second kappa shape index (κ2) is 5.70. The van der Waals surface area contributed by atoms with Crippen molar-refractivity contribution in [3.05, 3.63) is 35.1 Å². The fourth-order valence-electron chi connectivity index (χ4n) is 1.46. The molecular weight excluding hydrogens is 231 g/mol. The van der Waals surface area contributed by atoms with Crippen LogP contribution in [0.15, 0.2) is 12.1 Å². The van der Waals surface area contributed by atoms with Crippen LogP contribution in [0.2, 0.25) is 0 Å². The van der Waals surface area contributed by atoms with Gasteiger partial charge in [-0.1, -0.05) is 13.8 Å². The minimum atomic E-state index is -1.62. The molecule has 5 heteroatoms. The molecule has 0 spiro atoms. The van der Waals surface area contributed by atoms with Crippen molar-refractivity contribution >= 4 is 5.91 Å². The molecule has 0 saturated carbocycles. The Hall–Kier alpha value is -1.52. The summed E-state index contributed by atoms with van der Waals surface area (Å²) in [5.74, 6) is -5.10. The number of hydrogen-bond acceptors (Lipinski definition) is 1. The molecule has 0 aliphatic rings. The van der Waals surface area contributed by atoms with E-state index in [0.717, 1.165) is 12.1 Å². The highest BCUT2D eigenvalue weighted by Gasteiger charge is 2.19. The van der Waals surface area contributed by atoms with Crippen LogP contribution in [0.5, 0.6) is 0 Å². The lowest BCUT2D eigenvalue weighted by molar-refractivity contribution is 0.0929. The van der Waals surface area contributed by atoms with Crippen LogP contribution in [-0.2, 0) is 0 Å². The van der Waals surface area contributed by atoms with Crippen LogP contribution in [0.25, 0.3) is 0 Å². The molecule has 0 unspecified atom stereocenters. The average Bonchev–Trinajstić information content (AvgIpc) is 2.32. The summed E-state index contributed by atoms with van der Waals surface area (Å²) in [6, 6.07) is 1.57. The summed E-state index contributed by atoms with van der Waals surface area (Å²) in [6.07, 6.45) is 1.38. The minimum absolute atomic E-state index is 0. The predicted octanol–water partition coefficient (Wildman–Crippen LogP) is 3.27. The number of carbonyl (C=O) groups is 1. The first-order valence-electron chi connectivity index (χ1n) is 5.45. The molecule has 1 aromatic rings. The highest BCUT2D eigenvalue weighted by Crippen LogP contribution is 2.15. The van der Waals surface area contributed by atoms with Gasteiger partial charge >= 0.3 is 0 Å². The second-order valence-electron chi connectivity index (χ2n) is 3.71. The zero-order valence-electron chi connectivity index (χ0n) is 9.69. The summed E-state index contributed by atoms with van der Waals surface area (Å²) in [7, 11) is 0. The third-order valence-electron chi connectivity index (χ3n) is 2.60. The minimum Gasteiger partial charge on any atom is -0.349 e. The second-order valence-corrected chi connectivity index (χ2v) is 3.71. The van der Waals surface area contributed by atoms with Crippen LogP contribution in [-0.4, -0.2) is 11.9 Å². The van der Waals surface area contributed by atoms with Crippen molar-refractivity contribution in [1.29, 1.82) is 0 Å². The third kappa shape index (κ3) is 2.99. The quantitative estimate of drug-likeness (QED) is 0.813. The van der Waals surface area contributed by atoms with Gasteiger partial charge in [-0.05, 0) is 25.0 Å². The molecule has 2 nitrogen and oxygen atoms in total. The molecule has 96 valence electrons. The van der Waals surface area contributed by atoms with Gasteiger partial charge in [0.15, 0.2) is 17.5 Å². The Balaban J connectivity index is 0.00000289. The van der Waals surface area contributed by atoms with Gasteiger partial charge in [-0.2, -0.15) is 0 Å². The van der Waals surface area contributed by atoms with E-state index in [9.17, 15) is 18.0 Å². The molecule has 0 fully saturated rings. The third-order valence-corrected chi connectivity index (χ3v) is 2.60. The van der Waals surface area contributed by atoms with Crippen LogP contribution in [0.4, 0.5) is 13.2 Å². The number of hydrogen-bond donors (Lipinski definition) is 1. The molecule has 1 N–H and O–H groups in total. The zero-order valence-corrected chi connectivity index (χ0v) is 9.69. The van der Waals surface area contributed by atoms with E-state index in [2.05, 4.69) is 5.32 Å². The lowest BCUT2D eigenvalue weighted by Gasteiger charge is -2.15. The fraction of sp³-hybridized carbons (Fsp3) is 0.417. The molecule has 0 atom stereocenters. The van der Waals surface area contributed by atoms with E-state index in [1.165, 1.54) is 0 Å². The number of carbonyl (C=O) groups excluding carboxylic acids is 1. The Kier molecular flexibility index (Phi) is 4.54. The Morgan fingerprint density at radius 1 is 1.24 bits per heavy atom. The van der Waals surface area contributed by atoms with E-state index in [1.54, 1.807) is 0 Å².